The SMILES string of the molecule is NS(=O)(=O)c1ccc(-c2noc(Cc3c[nH]c4ccccc34)n2)cc1. The average molecular weight is 354 g/mol. The van der Waals surface area contributed by atoms with Crippen molar-refractivity contribution in [1.82, 2.24) is 15.1 Å². The van der Waals surface area contributed by atoms with Gasteiger partial charge >= 0.3 is 0 Å². The van der Waals surface area contributed by atoms with Gasteiger partial charge in [-0.15, -0.1) is 0 Å². The maximum atomic E-state index is 11.3. The first-order valence-electron chi connectivity index (χ1n) is 7.51. The van der Waals surface area contributed by atoms with E-state index in [-0.39, 0.29) is 4.90 Å². The number of hydrogen-bond acceptors (Lipinski definition) is 5. The number of nitrogens with zero attached hydrogens (tertiary/aromatic N) is 2. The van der Waals surface area contributed by atoms with Crippen LogP contribution in [0.2, 0.25) is 0 Å². The molecule has 2 heterocycles. The van der Waals surface area contributed by atoms with Gasteiger partial charge in [0, 0.05) is 22.7 Å². The zero-order valence-corrected chi connectivity index (χ0v) is 13.8. The molecule has 8 heteroatoms. The fourth-order valence-corrected chi connectivity index (χ4v) is 3.19. The Labute approximate surface area is 143 Å². The van der Waals surface area contributed by atoms with Crippen molar-refractivity contribution >= 4 is 20.9 Å². The van der Waals surface area contributed by atoms with Gasteiger partial charge in [0.1, 0.15) is 0 Å². The van der Waals surface area contributed by atoms with Crippen LogP contribution in [0.3, 0.4) is 0 Å². The maximum Gasteiger partial charge on any atom is 0.238 e. The molecule has 0 aliphatic heterocycles. The van der Waals surface area contributed by atoms with Crippen molar-refractivity contribution < 1.29 is 12.9 Å². The Morgan fingerprint density at radius 3 is 2.60 bits per heavy atom. The second-order valence-electron chi connectivity index (χ2n) is 5.62. The zero-order valence-electron chi connectivity index (χ0n) is 13.0. The Bertz CT molecular complexity index is 1140. The molecule has 2 aromatic heterocycles. The molecular weight excluding hydrogens is 340 g/mol. The highest BCUT2D eigenvalue weighted by Crippen LogP contribution is 2.22. The number of nitrogens with one attached hydrogen (secondary N) is 1. The summed E-state index contributed by atoms with van der Waals surface area (Å²) >= 11 is 0. The highest BCUT2D eigenvalue weighted by Gasteiger charge is 2.13. The number of sulfonamides is 1. The number of hydrogen-bond donors (Lipinski definition) is 2. The number of aromatic nitrogens is 3. The van der Waals surface area contributed by atoms with Crippen LogP contribution in [-0.2, 0) is 16.4 Å². The molecule has 0 spiro atoms. The largest absolute Gasteiger partial charge is 0.361 e. The van der Waals surface area contributed by atoms with Crippen LogP contribution in [0, 0.1) is 0 Å². The van der Waals surface area contributed by atoms with E-state index in [9.17, 15) is 8.42 Å². The molecule has 4 rings (SSSR count). The second-order valence-corrected chi connectivity index (χ2v) is 7.18. The summed E-state index contributed by atoms with van der Waals surface area (Å²) in [7, 11) is -3.72. The summed E-state index contributed by atoms with van der Waals surface area (Å²) in [5.74, 6) is 0.881. The van der Waals surface area contributed by atoms with Crippen molar-refractivity contribution in [3.05, 3.63) is 66.2 Å². The molecule has 0 atom stereocenters. The van der Waals surface area contributed by atoms with Gasteiger partial charge in [0.2, 0.25) is 21.7 Å². The first-order chi connectivity index (χ1) is 12.0. The average Bonchev–Trinajstić information content (AvgIpc) is 3.22. The van der Waals surface area contributed by atoms with Gasteiger partial charge in [-0.05, 0) is 35.9 Å². The van der Waals surface area contributed by atoms with Crippen LogP contribution in [0.25, 0.3) is 22.3 Å². The van der Waals surface area contributed by atoms with E-state index in [0.717, 1.165) is 16.5 Å². The van der Waals surface area contributed by atoms with Crippen LogP contribution in [0.1, 0.15) is 11.5 Å². The van der Waals surface area contributed by atoms with Gasteiger partial charge in [-0.25, -0.2) is 13.6 Å². The van der Waals surface area contributed by atoms with Crippen LogP contribution in [0.4, 0.5) is 0 Å². The predicted octanol–water partition coefficient (Wildman–Crippen LogP) is 2.46. The van der Waals surface area contributed by atoms with Crippen molar-refractivity contribution in [2.45, 2.75) is 11.3 Å². The lowest BCUT2D eigenvalue weighted by atomic mass is 10.1. The third-order valence-electron chi connectivity index (χ3n) is 3.93. The van der Waals surface area contributed by atoms with Crippen molar-refractivity contribution in [2.24, 2.45) is 5.14 Å². The molecule has 0 saturated heterocycles. The third kappa shape index (κ3) is 3.04. The molecule has 0 amide bonds. The maximum absolute atomic E-state index is 11.3. The van der Waals surface area contributed by atoms with Crippen LogP contribution in [0.15, 0.2) is 64.1 Å². The molecule has 126 valence electrons. The number of aromatic amines is 1. The van der Waals surface area contributed by atoms with Gasteiger partial charge in [0.25, 0.3) is 0 Å². The van der Waals surface area contributed by atoms with E-state index in [0.29, 0.717) is 23.7 Å². The molecule has 3 N–H and O–H groups in total. The molecule has 4 aromatic rings. The van der Waals surface area contributed by atoms with Crippen molar-refractivity contribution in [1.29, 1.82) is 0 Å². The lowest BCUT2D eigenvalue weighted by molar-refractivity contribution is 0.386. The summed E-state index contributed by atoms with van der Waals surface area (Å²) in [6.07, 6.45) is 2.43. The van der Waals surface area contributed by atoms with E-state index in [2.05, 4.69) is 15.1 Å². The molecule has 0 saturated carbocycles. The Kier molecular flexibility index (Phi) is 3.63. The summed E-state index contributed by atoms with van der Waals surface area (Å²) in [4.78, 5) is 7.63. The Morgan fingerprint density at radius 2 is 1.84 bits per heavy atom. The van der Waals surface area contributed by atoms with Gasteiger partial charge in [0.15, 0.2) is 0 Å². The van der Waals surface area contributed by atoms with E-state index in [4.69, 9.17) is 9.66 Å². The fourth-order valence-electron chi connectivity index (χ4n) is 2.68. The lowest BCUT2D eigenvalue weighted by Crippen LogP contribution is -2.11. The van der Waals surface area contributed by atoms with Gasteiger partial charge in [-0.1, -0.05) is 23.4 Å². The van der Waals surface area contributed by atoms with Crippen molar-refractivity contribution in [3.8, 4) is 11.4 Å². The number of rotatable bonds is 4. The molecule has 0 fully saturated rings. The van der Waals surface area contributed by atoms with E-state index in [1.807, 2.05) is 30.5 Å². The normalized spacial score (nSPS) is 11.9. The first-order valence-corrected chi connectivity index (χ1v) is 9.06. The number of nitrogens with two attached hydrogens (primary N) is 1. The molecule has 0 radical (unpaired) electrons. The highest BCUT2D eigenvalue weighted by molar-refractivity contribution is 7.89. The fraction of sp³-hybridized carbons (Fsp3) is 0.0588. The minimum Gasteiger partial charge on any atom is -0.361 e. The number of primary sulfonamides is 1. The molecule has 0 bridgehead atoms. The van der Waals surface area contributed by atoms with Crippen LogP contribution in [0.5, 0.6) is 0 Å². The number of para-hydroxylation sites is 1. The standard InChI is InChI=1S/C17H14N4O3S/c18-25(22,23)13-7-5-11(6-8-13)17-20-16(24-21-17)9-12-10-19-15-4-2-1-3-14(12)15/h1-8,10,19H,9H2,(H2,18,22,23). The Hall–Kier alpha value is -2.97. The van der Waals surface area contributed by atoms with E-state index < -0.39 is 10.0 Å². The minimum atomic E-state index is -3.72. The zero-order chi connectivity index (χ0) is 17.4. The smallest absolute Gasteiger partial charge is 0.238 e. The van der Waals surface area contributed by atoms with Crippen molar-refractivity contribution in [3.63, 3.8) is 0 Å². The van der Waals surface area contributed by atoms with E-state index in [1.165, 1.54) is 12.1 Å². The minimum absolute atomic E-state index is 0.0405. The van der Waals surface area contributed by atoms with Crippen LogP contribution >= 0.6 is 0 Å². The highest BCUT2D eigenvalue weighted by atomic mass is 32.2. The third-order valence-corrected chi connectivity index (χ3v) is 4.85. The molecule has 2 aromatic carbocycles. The molecule has 0 aliphatic rings. The van der Waals surface area contributed by atoms with Crippen molar-refractivity contribution in [2.75, 3.05) is 0 Å². The topological polar surface area (TPSA) is 115 Å². The lowest BCUT2D eigenvalue weighted by Gasteiger charge is -1.98. The van der Waals surface area contributed by atoms with Gasteiger partial charge in [0.05, 0.1) is 11.3 Å². The molecule has 0 aliphatic carbocycles. The Balaban J connectivity index is 1.60. The monoisotopic (exact) mass is 354 g/mol. The van der Waals surface area contributed by atoms with Gasteiger partial charge in [-0.3, -0.25) is 0 Å². The Morgan fingerprint density at radius 1 is 1.08 bits per heavy atom. The molecular formula is C17H14N4O3S. The summed E-state index contributed by atoms with van der Waals surface area (Å²) in [5, 5.41) is 10.2. The quantitative estimate of drug-likeness (QED) is 0.584. The summed E-state index contributed by atoms with van der Waals surface area (Å²) in [6, 6.07) is 14.0. The second kappa shape index (κ2) is 5.83. The number of benzene rings is 2. The van der Waals surface area contributed by atoms with Gasteiger partial charge in [-0.2, -0.15) is 4.98 Å². The number of fused-ring (bicyclic) bond motifs is 1. The summed E-state index contributed by atoms with van der Waals surface area (Å²) in [5.41, 5.74) is 2.77. The molecule has 0 unspecified atom stereocenters. The summed E-state index contributed by atoms with van der Waals surface area (Å²) in [6.45, 7) is 0. The summed E-state index contributed by atoms with van der Waals surface area (Å²) < 4.78 is 27.9. The van der Waals surface area contributed by atoms with Crippen LogP contribution < -0.4 is 5.14 Å². The van der Waals surface area contributed by atoms with E-state index >= 15 is 0 Å². The predicted molar refractivity (Wildman–Crippen MR) is 92.2 cm³/mol. The number of H-pyrrole nitrogens is 1. The first kappa shape index (κ1) is 15.6. The van der Waals surface area contributed by atoms with Gasteiger partial charge < -0.3 is 9.51 Å². The van der Waals surface area contributed by atoms with Crippen LogP contribution in [-0.4, -0.2) is 23.5 Å². The van der Waals surface area contributed by atoms with E-state index in [1.54, 1.807) is 12.1 Å². The molecule has 7 nitrogen and oxygen atoms in total. The molecule has 25 heavy (non-hydrogen) atoms.